The average Bonchev–Trinajstić information content (AvgIpc) is 1.99. The zero-order chi connectivity index (χ0) is 9.26. The van der Waals surface area contributed by atoms with Crippen molar-refractivity contribution in [2.45, 2.75) is 37.9 Å². The van der Waals surface area contributed by atoms with Crippen molar-refractivity contribution in [1.82, 2.24) is 16.0 Å². The van der Waals surface area contributed by atoms with Crippen LogP contribution < -0.4 is 16.0 Å². The molecular formula is C9H17N3O. The van der Waals surface area contributed by atoms with Crippen molar-refractivity contribution in [1.29, 1.82) is 0 Å². The van der Waals surface area contributed by atoms with E-state index >= 15 is 0 Å². The van der Waals surface area contributed by atoms with E-state index in [1.54, 1.807) is 0 Å². The molecule has 0 aromatic carbocycles. The van der Waals surface area contributed by atoms with Crippen LogP contribution in [0.5, 0.6) is 0 Å². The van der Waals surface area contributed by atoms with Gasteiger partial charge in [0.1, 0.15) is 0 Å². The second kappa shape index (κ2) is 3.64. The van der Waals surface area contributed by atoms with E-state index < -0.39 is 0 Å². The first-order valence-corrected chi connectivity index (χ1v) is 5.02. The monoisotopic (exact) mass is 183 g/mol. The van der Waals surface area contributed by atoms with Crippen molar-refractivity contribution in [3.63, 3.8) is 0 Å². The molecule has 0 aromatic rings. The number of nitrogens with one attached hydrogen (secondary N) is 3. The van der Waals surface area contributed by atoms with Crippen LogP contribution >= 0.6 is 0 Å². The molecule has 0 radical (unpaired) electrons. The Morgan fingerprint density at radius 2 is 2.23 bits per heavy atom. The Hall–Kier alpha value is -0.610. The number of hydrogen-bond donors (Lipinski definition) is 3. The molecule has 1 amide bonds. The van der Waals surface area contributed by atoms with Crippen molar-refractivity contribution < 1.29 is 4.79 Å². The number of carbonyl (C=O) groups is 1. The molecule has 0 bridgehead atoms. The van der Waals surface area contributed by atoms with Crippen LogP contribution in [0, 0.1) is 0 Å². The Morgan fingerprint density at radius 1 is 1.46 bits per heavy atom. The minimum Gasteiger partial charge on any atom is -0.352 e. The second-order valence-corrected chi connectivity index (χ2v) is 4.02. The van der Waals surface area contributed by atoms with Gasteiger partial charge in [-0.2, -0.15) is 0 Å². The molecule has 2 aliphatic rings. The quantitative estimate of drug-likeness (QED) is 0.526. The van der Waals surface area contributed by atoms with Crippen LogP contribution in [0.3, 0.4) is 0 Å². The first-order valence-electron chi connectivity index (χ1n) is 5.02. The summed E-state index contributed by atoms with van der Waals surface area (Å²) in [5.74, 6) is 0.192. The highest BCUT2D eigenvalue weighted by Gasteiger charge is 2.28. The standard InChI is InChI=1S/C9H17N3O/c1-6-8(2-3-9(13)11-6)12-7-4-10-5-7/h6-8,10,12H,2-5H2,1H3,(H,11,13). The second-order valence-electron chi connectivity index (χ2n) is 4.02. The van der Waals surface area contributed by atoms with E-state index in [4.69, 9.17) is 0 Å². The van der Waals surface area contributed by atoms with Crippen molar-refractivity contribution in [2.24, 2.45) is 0 Å². The molecule has 2 fully saturated rings. The largest absolute Gasteiger partial charge is 0.352 e. The zero-order valence-electron chi connectivity index (χ0n) is 7.97. The van der Waals surface area contributed by atoms with E-state index in [9.17, 15) is 4.79 Å². The normalized spacial score (nSPS) is 35.3. The maximum atomic E-state index is 11.0. The highest BCUT2D eigenvalue weighted by atomic mass is 16.1. The fourth-order valence-electron chi connectivity index (χ4n) is 1.90. The third-order valence-electron chi connectivity index (χ3n) is 2.91. The van der Waals surface area contributed by atoms with Gasteiger partial charge >= 0.3 is 0 Å². The van der Waals surface area contributed by atoms with E-state index in [0.29, 0.717) is 18.5 Å². The van der Waals surface area contributed by atoms with Gasteiger partial charge in [0.15, 0.2) is 0 Å². The summed E-state index contributed by atoms with van der Waals surface area (Å²) in [6.45, 7) is 4.20. The van der Waals surface area contributed by atoms with E-state index in [1.807, 2.05) is 0 Å². The van der Waals surface area contributed by atoms with E-state index in [0.717, 1.165) is 19.5 Å². The fourth-order valence-corrected chi connectivity index (χ4v) is 1.90. The van der Waals surface area contributed by atoms with Gasteiger partial charge in [-0.1, -0.05) is 0 Å². The third-order valence-corrected chi connectivity index (χ3v) is 2.91. The Labute approximate surface area is 78.5 Å². The molecule has 0 aromatic heterocycles. The van der Waals surface area contributed by atoms with Gasteiger partial charge in [0.05, 0.1) is 0 Å². The minimum absolute atomic E-state index is 0.192. The highest BCUT2D eigenvalue weighted by molar-refractivity contribution is 5.77. The minimum atomic E-state index is 0.192. The number of amides is 1. The summed E-state index contributed by atoms with van der Waals surface area (Å²) in [7, 11) is 0. The Kier molecular flexibility index (Phi) is 2.51. The summed E-state index contributed by atoms with van der Waals surface area (Å²) >= 11 is 0. The lowest BCUT2D eigenvalue weighted by Gasteiger charge is -2.37. The first kappa shape index (κ1) is 8.97. The summed E-state index contributed by atoms with van der Waals surface area (Å²) in [5.41, 5.74) is 0. The summed E-state index contributed by atoms with van der Waals surface area (Å²) in [6, 6.07) is 1.36. The maximum absolute atomic E-state index is 11.0. The first-order chi connectivity index (χ1) is 6.25. The van der Waals surface area contributed by atoms with Gasteiger partial charge < -0.3 is 16.0 Å². The maximum Gasteiger partial charge on any atom is 0.220 e. The molecule has 4 nitrogen and oxygen atoms in total. The Bertz CT molecular complexity index is 203. The van der Waals surface area contributed by atoms with Crippen LogP contribution in [0.25, 0.3) is 0 Å². The fraction of sp³-hybridized carbons (Fsp3) is 0.889. The van der Waals surface area contributed by atoms with E-state index in [-0.39, 0.29) is 11.9 Å². The van der Waals surface area contributed by atoms with Gasteiger partial charge in [-0.15, -0.1) is 0 Å². The smallest absolute Gasteiger partial charge is 0.220 e. The topological polar surface area (TPSA) is 53.2 Å². The van der Waals surface area contributed by atoms with Crippen LogP contribution in [0.15, 0.2) is 0 Å². The lowest BCUT2D eigenvalue weighted by atomic mass is 9.97. The van der Waals surface area contributed by atoms with Gasteiger partial charge in [0.2, 0.25) is 5.91 Å². The van der Waals surface area contributed by atoms with Crippen molar-refractivity contribution in [3.8, 4) is 0 Å². The molecule has 3 N–H and O–H groups in total. The summed E-state index contributed by atoms with van der Waals surface area (Å²) in [6.07, 6.45) is 1.64. The molecule has 2 unspecified atom stereocenters. The summed E-state index contributed by atoms with van der Waals surface area (Å²) < 4.78 is 0. The van der Waals surface area contributed by atoms with Gasteiger partial charge in [-0.3, -0.25) is 4.79 Å². The SMILES string of the molecule is CC1NC(=O)CCC1NC1CNC1. The Balaban J connectivity index is 1.80. The van der Waals surface area contributed by atoms with Crippen LogP contribution in [0.1, 0.15) is 19.8 Å². The summed E-state index contributed by atoms with van der Waals surface area (Å²) in [4.78, 5) is 11.0. The molecule has 2 rings (SSSR count). The predicted molar refractivity (Wildman–Crippen MR) is 50.4 cm³/mol. The number of rotatable bonds is 2. The Morgan fingerprint density at radius 3 is 2.77 bits per heavy atom. The lowest BCUT2D eigenvalue weighted by Crippen LogP contribution is -2.63. The molecule has 2 aliphatic heterocycles. The number of hydrogen-bond acceptors (Lipinski definition) is 3. The lowest BCUT2D eigenvalue weighted by molar-refractivity contribution is -0.123. The number of carbonyl (C=O) groups excluding carboxylic acids is 1. The van der Waals surface area contributed by atoms with Crippen LogP contribution in [-0.4, -0.2) is 37.1 Å². The molecular weight excluding hydrogens is 166 g/mol. The van der Waals surface area contributed by atoms with Gasteiger partial charge in [0.25, 0.3) is 0 Å². The summed E-state index contributed by atoms with van der Waals surface area (Å²) in [5, 5.41) is 9.73. The average molecular weight is 183 g/mol. The molecule has 0 aliphatic carbocycles. The van der Waals surface area contributed by atoms with Gasteiger partial charge in [0, 0.05) is 37.6 Å². The van der Waals surface area contributed by atoms with Crippen LogP contribution in [0.4, 0.5) is 0 Å². The zero-order valence-corrected chi connectivity index (χ0v) is 7.97. The van der Waals surface area contributed by atoms with Crippen molar-refractivity contribution in [3.05, 3.63) is 0 Å². The van der Waals surface area contributed by atoms with Gasteiger partial charge in [-0.25, -0.2) is 0 Å². The van der Waals surface area contributed by atoms with Crippen molar-refractivity contribution >= 4 is 5.91 Å². The van der Waals surface area contributed by atoms with Crippen molar-refractivity contribution in [2.75, 3.05) is 13.1 Å². The van der Waals surface area contributed by atoms with Gasteiger partial charge in [-0.05, 0) is 13.3 Å². The molecule has 2 heterocycles. The number of piperidine rings is 1. The molecule has 0 saturated carbocycles. The molecule has 0 spiro atoms. The van der Waals surface area contributed by atoms with Crippen LogP contribution in [-0.2, 0) is 4.79 Å². The third kappa shape index (κ3) is 2.00. The van der Waals surface area contributed by atoms with E-state index in [1.165, 1.54) is 0 Å². The predicted octanol–water partition coefficient (Wildman–Crippen LogP) is -0.785. The van der Waals surface area contributed by atoms with E-state index in [2.05, 4.69) is 22.9 Å². The molecule has 2 atom stereocenters. The molecule has 2 saturated heterocycles. The molecule has 4 heteroatoms. The molecule has 74 valence electrons. The van der Waals surface area contributed by atoms with Crippen LogP contribution in [0.2, 0.25) is 0 Å². The highest BCUT2D eigenvalue weighted by Crippen LogP contribution is 2.10. The molecule has 13 heavy (non-hydrogen) atoms.